The quantitative estimate of drug-likeness (QED) is 0.811. The number of H-pyrrole nitrogens is 1. The van der Waals surface area contributed by atoms with Crippen LogP contribution in [0.3, 0.4) is 0 Å². The maximum atomic E-state index is 13.4. The summed E-state index contributed by atoms with van der Waals surface area (Å²) in [5.74, 6) is 0.525. The fraction of sp³-hybridized carbons (Fsp3) is 0.444. The van der Waals surface area contributed by atoms with Gasteiger partial charge in [0, 0.05) is 14.1 Å². The van der Waals surface area contributed by atoms with Gasteiger partial charge in [-0.3, -0.25) is 0 Å². The van der Waals surface area contributed by atoms with Crippen LogP contribution in [0.4, 0.5) is 16.2 Å². The van der Waals surface area contributed by atoms with Crippen LogP contribution in [0.15, 0.2) is 6.20 Å². The normalized spacial score (nSPS) is 12.2. The summed E-state index contributed by atoms with van der Waals surface area (Å²) in [5, 5.41) is 16.5. The first-order valence-corrected chi connectivity index (χ1v) is 5.27. The molecule has 2 rings (SSSR count). The summed E-state index contributed by atoms with van der Waals surface area (Å²) in [6.07, 6.45) is 1.12. The van der Waals surface area contributed by atoms with Gasteiger partial charge in [-0.2, -0.15) is 10.2 Å². The van der Waals surface area contributed by atoms with Crippen LogP contribution in [0, 0.1) is 5.82 Å². The molecule has 0 aliphatic rings. The number of halogens is 1. The Hall–Kier alpha value is -2.32. The lowest BCUT2D eigenvalue weighted by Crippen LogP contribution is -2.16. The van der Waals surface area contributed by atoms with E-state index in [9.17, 15) is 4.39 Å². The van der Waals surface area contributed by atoms with Crippen molar-refractivity contribution in [2.24, 2.45) is 0 Å². The molecule has 96 valence electrons. The number of aromatic amines is 1. The molecule has 0 amide bonds. The smallest absolute Gasteiger partial charge is 0.225 e. The lowest BCUT2D eigenvalue weighted by atomic mass is 10.3. The van der Waals surface area contributed by atoms with Crippen molar-refractivity contribution in [1.29, 1.82) is 0 Å². The highest BCUT2D eigenvalue weighted by molar-refractivity contribution is 5.42. The van der Waals surface area contributed by atoms with Crippen molar-refractivity contribution in [1.82, 2.24) is 30.6 Å². The predicted molar refractivity (Wildman–Crippen MR) is 62.5 cm³/mol. The summed E-state index contributed by atoms with van der Waals surface area (Å²) in [4.78, 5) is 9.50. The monoisotopic (exact) mass is 252 g/mol. The van der Waals surface area contributed by atoms with Crippen LogP contribution in [0.1, 0.15) is 18.8 Å². The summed E-state index contributed by atoms with van der Waals surface area (Å²) < 4.78 is 13.4. The van der Waals surface area contributed by atoms with Gasteiger partial charge in [-0.25, -0.2) is 9.37 Å². The van der Waals surface area contributed by atoms with E-state index in [1.54, 1.807) is 19.0 Å². The summed E-state index contributed by atoms with van der Waals surface area (Å²) >= 11 is 0. The number of nitrogens with one attached hydrogen (secondary N) is 2. The number of tetrazole rings is 1. The molecule has 0 spiro atoms. The maximum absolute atomic E-state index is 13.4. The van der Waals surface area contributed by atoms with Crippen molar-refractivity contribution in [3.05, 3.63) is 17.8 Å². The highest BCUT2D eigenvalue weighted by Gasteiger charge is 2.14. The molecule has 0 saturated heterocycles. The van der Waals surface area contributed by atoms with E-state index >= 15 is 0 Å². The number of anilines is 2. The molecular formula is C9H13FN8. The van der Waals surface area contributed by atoms with E-state index in [0.29, 0.717) is 11.8 Å². The van der Waals surface area contributed by atoms with Crippen LogP contribution < -0.4 is 10.2 Å². The average molecular weight is 252 g/mol. The van der Waals surface area contributed by atoms with Crippen LogP contribution in [0.5, 0.6) is 0 Å². The van der Waals surface area contributed by atoms with Crippen LogP contribution in [0.2, 0.25) is 0 Å². The number of hydrogen-bond acceptors (Lipinski definition) is 7. The van der Waals surface area contributed by atoms with E-state index in [4.69, 9.17) is 0 Å². The molecule has 2 aromatic rings. The molecule has 0 fully saturated rings. The van der Waals surface area contributed by atoms with E-state index in [1.165, 1.54) is 0 Å². The summed E-state index contributed by atoms with van der Waals surface area (Å²) in [5.41, 5.74) is 0. The molecule has 2 aromatic heterocycles. The second kappa shape index (κ2) is 4.90. The van der Waals surface area contributed by atoms with Gasteiger partial charge in [0.25, 0.3) is 0 Å². The average Bonchev–Trinajstić information content (AvgIpc) is 2.85. The molecule has 18 heavy (non-hydrogen) atoms. The third kappa shape index (κ3) is 2.50. The highest BCUT2D eigenvalue weighted by atomic mass is 19.1. The lowest BCUT2D eigenvalue weighted by Gasteiger charge is -2.14. The Bertz CT molecular complexity index is 511. The van der Waals surface area contributed by atoms with E-state index in [0.717, 1.165) is 6.20 Å². The molecule has 2 N–H and O–H groups in total. The Labute approximate surface area is 103 Å². The van der Waals surface area contributed by atoms with Gasteiger partial charge in [0.2, 0.25) is 5.95 Å². The SMILES string of the molecule is CC(Nc1ncc(F)c(N(C)C)n1)c1nn[nH]n1. The largest absolute Gasteiger partial charge is 0.360 e. The number of nitrogens with zero attached hydrogens (tertiary/aromatic N) is 6. The zero-order chi connectivity index (χ0) is 13.1. The fourth-order valence-electron chi connectivity index (χ4n) is 1.35. The van der Waals surface area contributed by atoms with E-state index in [2.05, 4.69) is 35.9 Å². The molecule has 0 aliphatic heterocycles. The van der Waals surface area contributed by atoms with Crippen LogP contribution in [-0.4, -0.2) is 44.7 Å². The van der Waals surface area contributed by atoms with Gasteiger partial charge < -0.3 is 10.2 Å². The van der Waals surface area contributed by atoms with Crippen molar-refractivity contribution < 1.29 is 4.39 Å². The molecule has 0 aromatic carbocycles. The van der Waals surface area contributed by atoms with Gasteiger partial charge in [-0.05, 0) is 6.92 Å². The Morgan fingerprint density at radius 1 is 1.44 bits per heavy atom. The molecule has 0 radical (unpaired) electrons. The van der Waals surface area contributed by atoms with Crippen LogP contribution in [-0.2, 0) is 0 Å². The van der Waals surface area contributed by atoms with Crippen molar-refractivity contribution in [2.45, 2.75) is 13.0 Å². The lowest BCUT2D eigenvalue weighted by molar-refractivity contribution is 0.611. The zero-order valence-electron chi connectivity index (χ0n) is 10.2. The number of hydrogen-bond donors (Lipinski definition) is 2. The van der Waals surface area contributed by atoms with Crippen molar-refractivity contribution >= 4 is 11.8 Å². The standard InChI is InChI=1S/C9H13FN8/c1-5(7-14-16-17-15-7)12-9-11-4-6(10)8(13-9)18(2)3/h4-5H,1-3H3,(H,11,12,13)(H,14,15,16,17). The Morgan fingerprint density at radius 2 is 2.22 bits per heavy atom. The topological polar surface area (TPSA) is 95.5 Å². The fourth-order valence-corrected chi connectivity index (χ4v) is 1.35. The summed E-state index contributed by atoms with van der Waals surface area (Å²) in [7, 11) is 3.41. The highest BCUT2D eigenvalue weighted by Crippen LogP contribution is 2.17. The Kier molecular flexibility index (Phi) is 3.31. The van der Waals surface area contributed by atoms with Gasteiger partial charge in [-0.1, -0.05) is 5.21 Å². The van der Waals surface area contributed by atoms with Crippen LogP contribution in [0.25, 0.3) is 0 Å². The predicted octanol–water partition coefficient (Wildman–Crippen LogP) is 0.368. The van der Waals surface area contributed by atoms with Crippen molar-refractivity contribution in [3.63, 3.8) is 0 Å². The third-order valence-corrected chi connectivity index (χ3v) is 2.24. The Balaban J connectivity index is 2.17. The first-order chi connectivity index (χ1) is 8.58. The van der Waals surface area contributed by atoms with Gasteiger partial charge >= 0.3 is 0 Å². The van der Waals surface area contributed by atoms with Gasteiger partial charge in [0.1, 0.15) is 0 Å². The zero-order valence-corrected chi connectivity index (χ0v) is 10.2. The molecule has 0 aliphatic carbocycles. The molecule has 1 atom stereocenters. The Morgan fingerprint density at radius 3 is 2.83 bits per heavy atom. The number of rotatable bonds is 4. The summed E-state index contributed by atoms with van der Waals surface area (Å²) in [6.45, 7) is 1.83. The van der Waals surface area contributed by atoms with Gasteiger partial charge in [0.05, 0.1) is 12.2 Å². The first-order valence-electron chi connectivity index (χ1n) is 5.27. The second-order valence-electron chi connectivity index (χ2n) is 3.90. The number of aromatic nitrogens is 6. The van der Waals surface area contributed by atoms with Crippen molar-refractivity contribution in [3.8, 4) is 0 Å². The van der Waals surface area contributed by atoms with E-state index < -0.39 is 5.82 Å². The molecule has 8 nitrogen and oxygen atoms in total. The molecule has 2 heterocycles. The maximum Gasteiger partial charge on any atom is 0.225 e. The first kappa shape index (κ1) is 12.1. The molecule has 1 unspecified atom stereocenters. The molecule has 0 saturated carbocycles. The summed E-state index contributed by atoms with van der Waals surface area (Å²) in [6, 6.07) is -0.232. The second-order valence-corrected chi connectivity index (χ2v) is 3.90. The minimum atomic E-state index is -0.474. The minimum absolute atomic E-state index is 0.216. The third-order valence-electron chi connectivity index (χ3n) is 2.24. The molecule has 0 bridgehead atoms. The van der Waals surface area contributed by atoms with Gasteiger partial charge in [-0.15, -0.1) is 10.2 Å². The molecular weight excluding hydrogens is 239 g/mol. The van der Waals surface area contributed by atoms with E-state index in [1.807, 2.05) is 6.92 Å². The van der Waals surface area contributed by atoms with Crippen molar-refractivity contribution in [2.75, 3.05) is 24.3 Å². The van der Waals surface area contributed by atoms with Gasteiger partial charge in [0.15, 0.2) is 17.5 Å². The van der Waals surface area contributed by atoms with E-state index in [-0.39, 0.29) is 11.9 Å². The minimum Gasteiger partial charge on any atom is -0.360 e. The molecule has 9 heteroatoms. The van der Waals surface area contributed by atoms with Crippen LogP contribution >= 0.6 is 0 Å².